The van der Waals surface area contributed by atoms with Gasteiger partial charge in [0.25, 0.3) is 0 Å². The molecule has 0 atom stereocenters. The predicted octanol–water partition coefficient (Wildman–Crippen LogP) is 0.971. The van der Waals surface area contributed by atoms with Crippen LogP contribution in [0.3, 0.4) is 0 Å². The van der Waals surface area contributed by atoms with Crippen molar-refractivity contribution in [2.45, 2.75) is 38.2 Å². The molecule has 114 valence electrons. The highest BCUT2D eigenvalue weighted by atomic mass is 16.6. The highest BCUT2D eigenvalue weighted by molar-refractivity contribution is 5.93. The van der Waals surface area contributed by atoms with Crippen LogP contribution >= 0.6 is 0 Å². The summed E-state index contributed by atoms with van der Waals surface area (Å²) in [6.07, 6.45) is 3.69. The highest BCUT2D eigenvalue weighted by Crippen LogP contribution is 2.22. The summed E-state index contributed by atoms with van der Waals surface area (Å²) in [5.41, 5.74) is 0.109. The maximum absolute atomic E-state index is 11.7. The van der Waals surface area contributed by atoms with E-state index >= 15 is 0 Å². The van der Waals surface area contributed by atoms with Crippen molar-refractivity contribution in [1.29, 1.82) is 0 Å². The zero-order chi connectivity index (χ0) is 14.8. The molecule has 1 saturated carbocycles. The zero-order valence-electron chi connectivity index (χ0n) is 11.6. The van der Waals surface area contributed by atoms with Crippen LogP contribution in [0.25, 0.3) is 0 Å². The van der Waals surface area contributed by atoms with Gasteiger partial charge in [-0.3, -0.25) is 4.79 Å². The van der Waals surface area contributed by atoms with Crippen molar-refractivity contribution in [2.24, 2.45) is 0 Å². The molecule has 1 N–H and O–H groups in total. The first-order valence-electron chi connectivity index (χ1n) is 6.86. The van der Waals surface area contributed by atoms with Crippen molar-refractivity contribution < 1.29 is 28.9 Å². The maximum Gasteiger partial charge on any atom is 0.334 e. The number of carbonyl (C=O) groups excluding carboxylic acids is 2. The van der Waals surface area contributed by atoms with E-state index in [-0.39, 0.29) is 44.5 Å². The summed E-state index contributed by atoms with van der Waals surface area (Å²) in [4.78, 5) is 23.1. The molecule has 0 unspecified atom stereocenters. The van der Waals surface area contributed by atoms with Gasteiger partial charge in [-0.1, -0.05) is 6.58 Å². The Hall–Kier alpha value is -1.40. The Morgan fingerprint density at radius 2 is 1.85 bits per heavy atom. The molecule has 1 rings (SSSR count). The average Bonchev–Trinajstić information content (AvgIpc) is 2.91. The van der Waals surface area contributed by atoms with Crippen molar-refractivity contribution >= 4 is 11.9 Å². The smallest absolute Gasteiger partial charge is 0.334 e. The summed E-state index contributed by atoms with van der Waals surface area (Å²) in [5.74, 6) is -1.06. The minimum absolute atomic E-state index is 0.0397. The summed E-state index contributed by atoms with van der Waals surface area (Å²) < 4.78 is 15.0. The number of carbonyl (C=O) groups is 2. The monoisotopic (exact) mass is 286 g/mol. The van der Waals surface area contributed by atoms with Crippen LogP contribution in [0.2, 0.25) is 0 Å². The Morgan fingerprint density at radius 3 is 2.50 bits per heavy atom. The van der Waals surface area contributed by atoms with E-state index in [0.29, 0.717) is 0 Å². The second kappa shape index (κ2) is 9.50. The van der Waals surface area contributed by atoms with Crippen molar-refractivity contribution in [3.8, 4) is 0 Å². The third-order valence-corrected chi connectivity index (χ3v) is 2.95. The van der Waals surface area contributed by atoms with Gasteiger partial charge in [-0.25, -0.2) is 4.79 Å². The fourth-order valence-corrected chi connectivity index (χ4v) is 1.92. The predicted molar refractivity (Wildman–Crippen MR) is 71.0 cm³/mol. The van der Waals surface area contributed by atoms with Gasteiger partial charge in [0.1, 0.15) is 12.7 Å². The maximum atomic E-state index is 11.7. The van der Waals surface area contributed by atoms with Gasteiger partial charge in [0.05, 0.1) is 26.2 Å². The third-order valence-electron chi connectivity index (χ3n) is 2.95. The van der Waals surface area contributed by atoms with E-state index in [0.717, 1.165) is 25.7 Å². The molecule has 0 aromatic rings. The Bertz CT molecular complexity index is 333. The number of aliphatic hydroxyl groups is 1. The molecular weight excluding hydrogens is 264 g/mol. The quantitative estimate of drug-likeness (QED) is 0.386. The lowest BCUT2D eigenvalue weighted by molar-refractivity contribution is -0.149. The zero-order valence-corrected chi connectivity index (χ0v) is 11.6. The number of esters is 2. The average molecular weight is 286 g/mol. The van der Waals surface area contributed by atoms with Crippen LogP contribution in [-0.4, -0.2) is 49.6 Å². The minimum atomic E-state index is -0.536. The van der Waals surface area contributed by atoms with E-state index in [2.05, 4.69) is 6.58 Å². The second-order valence-corrected chi connectivity index (χ2v) is 4.65. The van der Waals surface area contributed by atoms with Crippen LogP contribution in [-0.2, 0) is 23.8 Å². The molecule has 6 nitrogen and oxygen atoms in total. The number of hydrogen-bond acceptors (Lipinski definition) is 6. The van der Waals surface area contributed by atoms with Crippen molar-refractivity contribution in [3.63, 3.8) is 0 Å². The number of ether oxygens (including phenoxy) is 3. The molecular formula is C14H22O6. The first-order chi connectivity index (χ1) is 9.63. The second-order valence-electron chi connectivity index (χ2n) is 4.65. The van der Waals surface area contributed by atoms with Gasteiger partial charge in [0.15, 0.2) is 0 Å². The third kappa shape index (κ3) is 6.68. The van der Waals surface area contributed by atoms with Gasteiger partial charge < -0.3 is 19.3 Å². The number of aliphatic hydroxyl groups excluding tert-OH is 1. The van der Waals surface area contributed by atoms with E-state index in [1.165, 1.54) is 0 Å². The molecule has 0 saturated heterocycles. The van der Waals surface area contributed by atoms with Crippen LogP contribution in [0.5, 0.6) is 0 Å². The van der Waals surface area contributed by atoms with Gasteiger partial charge in [-0.05, 0) is 25.7 Å². The Kier molecular flexibility index (Phi) is 7.91. The summed E-state index contributed by atoms with van der Waals surface area (Å²) in [6.45, 7) is 3.99. The Balaban J connectivity index is 2.13. The molecule has 0 radical (unpaired) electrons. The van der Waals surface area contributed by atoms with Crippen molar-refractivity contribution in [1.82, 2.24) is 0 Å². The SMILES string of the molecule is C=C(CC(=O)OCCOCCO)C(=O)OC1CCCC1. The number of hydrogen-bond donors (Lipinski definition) is 1. The van der Waals surface area contributed by atoms with E-state index in [4.69, 9.17) is 19.3 Å². The molecule has 0 amide bonds. The lowest BCUT2D eigenvalue weighted by Gasteiger charge is -2.12. The molecule has 1 aliphatic rings. The van der Waals surface area contributed by atoms with Gasteiger partial charge in [-0.2, -0.15) is 0 Å². The molecule has 6 heteroatoms. The standard InChI is InChI=1S/C14H22O6/c1-11(14(17)20-12-4-2-3-5-12)10-13(16)19-9-8-18-7-6-15/h12,15H,1-10H2. The lowest BCUT2D eigenvalue weighted by atomic mass is 10.2. The number of rotatable bonds is 9. The molecule has 0 aliphatic heterocycles. The van der Waals surface area contributed by atoms with Crippen molar-refractivity contribution in [2.75, 3.05) is 26.4 Å². The summed E-state index contributed by atoms with van der Waals surface area (Å²) >= 11 is 0. The van der Waals surface area contributed by atoms with Gasteiger partial charge >= 0.3 is 11.9 Å². The van der Waals surface area contributed by atoms with Crippen molar-refractivity contribution in [3.05, 3.63) is 12.2 Å². The first-order valence-corrected chi connectivity index (χ1v) is 6.86. The molecule has 20 heavy (non-hydrogen) atoms. The normalized spacial score (nSPS) is 15.1. The van der Waals surface area contributed by atoms with Gasteiger partial charge in [0.2, 0.25) is 0 Å². The van der Waals surface area contributed by atoms with Crippen LogP contribution < -0.4 is 0 Å². The van der Waals surface area contributed by atoms with Crippen LogP contribution in [0, 0.1) is 0 Å². The molecule has 1 fully saturated rings. The molecule has 1 aliphatic carbocycles. The molecule has 0 bridgehead atoms. The molecule has 0 spiro atoms. The fourth-order valence-electron chi connectivity index (χ4n) is 1.92. The summed E-state index contributed by atoms with van der Waals surface area (Å²) in [5, 5.41) is 8.48. The van der Waals surface area contributed by atoms with E-state index in [1.807, 2.05) is 0 Å². The first kappa shape index (κ1) is 16.7. The summed E-state index contributed by atoms with van der Waals surface area (Å²) in [7, 11) is 0. The fraction of sp³-hybridized carbons (Fsp3) is 0.714. The van der Waals surface area contributed by atoms with E-state index in [1.54, 1.807) is 0 Å². The molecule has 0 aromatic heterocycles. The summed E-state index contributed by atoms with van der Waals surface area (Å²) in [6, 6.07) is 0. The highest BCUT2D eigenvalue weighted by Gasteiger charge is 2.21. The Morgan fingerprint density at radius 1 is 1.15 bits per heavy atom. The molecule has 0 heterocycles. The van der Waals surface area contributed by atoms with Crippen LogP contribution in [0.1, 0.15) is 32.1 Å². The largest absolute Gasteiger partial charge is 0.463 e. The van der Waals surface area contributed by atoms with Crippen LogP contribution in [0.15, 0.2) is 12.2 Å². The van der Waals surface area contributed by atoms with Gasteiger partial charge in [0, 0.05) is 5.57 Å². The topological polar surface area (TPSA) is 82.1 Å². The minimum Gasteiger partial charge on any atom is -0.463 e. The lowest BCUT2D eigenvalue weighted by Crippen LogP contribution is -2.19. The Labute approximate surface area is 118 Å². The molecule has 0 aromatic carbocycles. The van der Waals surface area contributed by atoms with E-state index in [9.17, 15) is 9.59 Å². The van der Waals surface area contributed by atoms with Gasteiger partial charge in [-0.15, -0.1) is 0 Å². The van der Waals surface area contributed by atoms with E-state index < -0.39 is 11.9 Å². The van der Waals surface area contributed by atoms with Crippen LogP contribution in [0.4, 0.5) is 0 Å².